The van der Waals surface area contributed by atoms with E-state index in [1.165, 1.54) is 24.1 Å². The van der Waals surface area contributed by atoms with Crippen LogP contribution in [0.4, 0.5) is 5.13 Å². The molecular weight excluding hydrogens is 482 g/mol. The fourth-order valence-electron chi connectivity index (χ4n) is 2.96. The molecule has 0 saturated carbocycles. The van der Waals surface area contributed by atoms with Crippen molar-refractivity contribution in [1.82, 2.24) is 15.2 Å². The van der Waals surface area contributed by atoms with E-state index in [2.05, 4.69) is 15.5 Å². The standard InChI is InChI=1S/C17H17N5O9S2/c1-6(23)30-3-7-4-32-14-10(13(25)22(14)11(7)15(26)27)21-9(24)2-19-31-12(16(28)29)8-5-33-17(18)20-8/h2,5,10,12,14H,3-4H2,1H3,(H2,18,20)(H,21,24)(H,26,27)(H,28,29)/b19-2-. The van der Waals surface area contributed by atoms with E-state index in [0.29, 0.717) is 6.21 Å². The number of anilines is 1. The van der Waals surface area contributed by atoms with E-state index in [0.717, 1.165) is 16.2 Å². The first kappa shape index (κ1) is 24.0. The molecule has 176 valence electrons. The number of carboxylic acids is 2. The number of rotatable bonds is 9. The Labute approximate surface area is 193 Å². The molecule has 3 unspecified atom stereocenters. The fourth-order valence-corrected chi connectivity index (χ4v) is 4.86. The number of carboxylic acid groups (broad SMARTS) is 2. The molecule has 33 heavy (non-hydrogen) atoms. The molecule has 1 aromatic rings. The molecule has 5 N–H and O–H groups in total. The summed E-state index contributed by atoms with van der Waals surface area (Å²) >= 11 is 2.19. The number of ether oxygens (including phenoxy) is 1. The van der Waals surface area contributed by atoms with Gasteiger partial charge in [-0.25, -0.2) is 14.6 Å². The summed E-state index contributed by atoms with van der Waals surface area (Å²) in [5.41, 5.74) is 5.43. The predicted molar refractivity (Wildman–Crippen MR) is 113 cm³/mol. The molecule has 1 fully saturated rings. The molecular formula is C17H17N5O9S2. The van der Waals surface area contributed by atoms with Gasteiger partial charge < -0.3 is 30.8 Å². The lowest BCUT2D eigenvalue weighted by Crippen LogP contribution is -2.70. The average molecular weight is 499 g/mol. The van der Waals surface area contributed by atoms with Crippen LogP contribution in [0, 0.1) is 0 Å². The highest BCUT2D eigenvalue weighted by molar-refractivity contribution is 8.00. The van der Waals surface area contributed by atoms with E-state index in [9.17, 15) is 34.2 Å². The van der Waals surface area contributed by atoms with E-state index in [1.807, 2.05) is 0 Å². The van der Waals surface area contributed by atoms with E-state index in [-0.39, 0.29) is 34.5 Å². The maximum absolute atomic E-state index is 12.5. The third-order valence-corrected chi connectivity index (χ3v) is 6.40. The molecule has 0 aliphatic carbocycles. The topological polar surface area (TPSA) is 211 Å². The number of hydrogen-bond donors (Lipinski definition) is 4. The van der Waals surface area contributed by atoms with Crippen molar-refractivity contribution in [3.8, 4) is 0 Å². The van der Waals surface area contributed by atoms with Gasteiger partial charge in [0.05, 0.1) is 0 Å². The Kier molecular flexibility index (Phi) is 7.17. The highest BCUT2D eigenvalue weighted by atomic mass is 32.2. The number of nitrogens with zero attached hydrogens (tertiary/aromatic N) is 3. The molecule has 16 heteroatoms. The summed E-state index contributed by atoms with van der Waals surface area (Å²) in [5.74, 6) is -4.72. The molecule has 2 aliphatic rings. The lowest BCUT2D eigenvalue weighted by molar-refractivity contribution is -0.151. The molecule has 3 heterocycles. The first-order valence-electron chi connectivity index (χ1n) is 9.07. The zero-order valence-electron chi connectivity index (χ0n) is 16.8. The molecule has 2 amide bonds. The smallest absolute Gasteiger partial charge is 0.354 e. The molecule has 0 spiro atoms. The molecule has 0 radical (unpaired) electrons. The Morgan fingerprint density at radius 3 is 2.73 bits per heavy atom. The maximum atomic E-state index is 12.5. The summed E-state index contributed by atoms with van der Waals surface area (Å²) in [7, 11) is 0. The van der Waals surface area contributed by atoms with Gasteiger partial charge in [-0.3, -0.25) is 19.3 Å². The van der Waals surface area contributed by atoms with Crippen LogP contribution in [0.3, 0.4) is 0 Å². The number of nitrogen functional groups attached to an aromatic ring is 1. The summed E-state index contributed by atoms with van der Waals surface area (Å²) in [5, 5.41) is 25.2. The fraction of sp³-hybridized carbons (Fsp3) is 0.353. The van der Waals surface area contributed by atoms with Crippen molar-refractivity contribution >= 4 is 64.2 Å². The number of nitrogens with one attached hydrogen (secondary N) is 1. The number of aliphatic carboxylic acids is 2. The molecule has 0 aromatic carbocycles. The molecule has 3 rings (SSSR count). The van der Waals surface area contributed by atoms with Crippen LogP contribution < -0.4 is 11.1 Å². The largest absolute Gasteiger partial charge is 0.478 e. The third-order valence-electron chi connectivity index (χ3n) is 4.37. The molecule has 2 aliphatic heterocycles. The second kappa shape index (κ2) is 9.86. The van der Waals surface area contributed by atoms with Crippen LogP contribution in [0.15, 0.2) is 21.8 Å². The van der Waals surface area contributed by atoms with Crippen LogP contribution in [-0.2, 0) is 33.5 Å². The summed E-state index contributed by atoms with van der Waals surface area (Å²) in [6.07, 6.45) is -0.939. The number of thiazole rings is 1. The van der Waals surface area contributed by atoms with Crippen molar-refractivity contribution in [2.75, 3.05) is 18.1 Å². The zero-order valence-corrected chi connectivity index (χ0v) is 18.4. The van der Waals surface area contributed by atoms with Crippen molar-refractivity contribution in [1.29, 1.82) is 0 Å². The SMILES string of the molecule is CC(=O)OCC1=C(C(=O)O)N2C(=O)C(NC(=O)/C=N\OC(C(=O)O)c3csc(N)n3)C2SC1. The van der Waals surface area contributed by atoms with Gasteiger partial charge in [0.2, 0.25) is 0 Å². The van der Waals surface area contributed by atoms with Gasteiger partial charge in [-0.05, 0) is 0 Å². The molecule has 1 saturated heterocycles. The van der Waals surface area contributed by atoms with Crippen LogP contribution in [0.2, 0.25) is 0 Å². The Morgan fingerprint density at radius 2 is 2.15 bits per heavy atom. The minimum atomic E-state index is -1.59. The summed E-state index contributed by atoms with van der Waals surface area (Å²) in [6, 6.07) is -1.04. The second-order valence-corrected chi connectivity index (χ2v) is 8.60. The van der Waals surface area contributed by atoms with Crippen LogP contribution in [0.25, 0.3) is 0 Å². The summed E-state index contributed by atoms with van der Waals surface area (Å²) in [6.45, 7) is 0.910. The van der Waals surface area contributed by atoms with E-state index in [1.54, 1.807) is 0 Å². The number of aromatic nitrogens is 1. The Hall–Kier alpha value is -3.66. The van der Waals surface area contributed by atoms with Crippen molar-refractivity contribution in [3.63, 3.8) is 0 Å². The molecule has 3 atom stereocenters. The molecule has 0 bridgehead atoms. The minimum Gasteiger partial charge on any atom is -0.478 e. The lowest BCUT2D eigenvalue weighted by atomic mass is 10.0. The second-order valence-electron chi connectivity index (χ2n) is 6.60. The summed E-state index contributed by atoms with van der Waals surface area (Å²) in [4.78, 5) is 68.2. The van der Waals surface area contributed by atoms with E-state index < -0.39 is 47.2 Å². The minimum absolute atomic E-state index is 0.00326. The van der Waals surface area contributed by atoms with Crippen LogP contribution in [-0.4, -0.2) is 79.8 Å². The first-order valence-corrected chi connectivity index (χ1v) is 11.0. The van der Waals surface area contributed by atoms with Crippen LogP contribution in [0.5, 0.6) is 0 Å². The van der Waals surface area contributed by atoms with Gasteiger partial charge >= 0.3 is 17.9 Å². The Bertz CT molecular complexity index is 1070. The number of oxime groups is 1. The lowest BCUT2D eigenvalue weighted by Gasteiger charge is -2.49. The van der Waals surface area contributed by atoms with Gasteiger partial charge in [0, 0.05) is 23.6 Å². The van der Waals surface area contributed by atoms with E-state index in [4.69, 9.17) is 15.3 Å². The van der Waals surface area contributed by atoms with Crippen molar-refractivity contribution in [2.24, 2.45) is 5.16 Å². The maximum Gasteiger partial charge on any atom is 0.354 e. The predicted octanol–water partition coefficient (Wildman–Crippen LogP) is -0.845. The Balaban J connectivity index is 1.62. The van der Waals surface area contributed by atoms with Crippen LogP contribution >= 0.6 is 23.1 Å². The number of fused-ring (bicyclic) bond motifs is 1. The zero-order chi connectivity index (χ0) is 24.3. The average Bonchev–Trinajstić information content (AvgIpc) is 3.17. The third kappa shape index (κ3) is 5.23. The number of esters is 1. The van der Waals surface area contributed by atoms with Gasteiger partial charge in [0.1, 0.15) is 35.6 Å². The van der Waals surface area contributed by atoms with Crippen LogP contribution in [0.1, 0.15) is 18.7 Å². The van der Waals surface area contributed by atoms with Crippen molar-refractivity contribution in [3.05, 3.63) is 22.3 Å². The Morgan fingerprint density at radius 1 is 1.42 bits per heavy atom. The monoisotopic (exact) mass is 499 g/mol. The molecule has 1 aromatic heterocycles. The van der Waals surface area contributed by atoms with E-state index >= 15 is 0 Å². The van der Waals surface area contributed by atoms with Gasteiger partial charge in [0.25, 0.3) is 17.9 Å². The molecule has 14 nitrogen and oxygen atoms in total. The number of amides is 2. The number of carbonyl (C=O) groups excluding carboxylic acids is 3. The summed E-state index contributed by atoms with van der Waals surface area (Å²) < 4.78 is 4.84. The van der Waals surface area contributed by atoms with Gasteiger partial charge in [-0.15, -0.1) is 23.1 Å². The quantitative estimate of drug-likeness (QED) is 0.142. The first-order chi connectivity index (χ1) is 15.6. The normalized spacial score (nSPS) is 20.6. The number of β-lactam (4-membered cyclic amide) rings is 1. The van der Waals surface area contributed by atoms with Gasteiger partial charge in [-0.1, -0.05) is 5.16 Å². The number of hydrogen-bond acceptors (Lipinski definition) is 12. The highest BCUT2D eigenvalue weighted by Crippen LogP contribution is 2.40. The van der Waals surface area contributed by atoms with Crippen molar-refractivity contribution in [2.45, 2.75) is 24.4 Å². The highest BCUT2D eigenvalue weighted by Gasteiger charge is 2.54. The van der Waals surface area contributed by atoms with Gasteiger partial charge in [0.15, 0.2) is 5.13 Å². The van der Waals surface area contributed by atoms with Crippen molar-refractivity contribution < 1.29 is 43.8 Å². The number of nitrogens with two attached hydrogens (primary N) is 1. The number of carbonyl (C=O) groups is 5. The van der Waals surface area contributed by atoms with Gasteiger partial charge in [-0.2, -0.15) is 0 Å². The number of thioether (sulfide) groups is 1.